The Kier molecular flexibility index (Phi) is 7.83. The SMILES string of the molecule is COc1ccccc1NC(=O)[C@@H]1C(=O)C[C@](C)(O)[C@@H](C(=O)Nc2ccccc2OC)[C@H]1c1ccc(C)cc1. The van der Waals surface area contributed by atoms with Gasteiger partial charge in [-0.2, -0.15) is 0 Å². The average molecular weight is 517 g/mol. The molecule has 0 radical (unpaired) electrons. The molecule has 0 spiro atoms. The Hall–Kier alpha value is -4.17. The lowest BCUT2D eigenvalue weighted by Gasteiger charge is -2.44. The Bertz CT molecular complexity index is 1330. The monoisotopic (exact) mass is 516 g/mol. The Morgan fingerprint density at radius 2 is 1.34 bits per heavy atom. The fourth-order valence-corrected chi connectivity index (χ4v) is 5.20. The van der Waals surface area contributed by atoms with Crippen molar-refractivity contribution in [3.63, 3.8) is 0 Å². The van der Waals surface area contributed by atoms with Gasteiger partial charge in [0.1, 0.15) is 23.2 Å². The van der Waals surface area contributed by atoms with E-state index in [-0.39, 0.29) is 6.42 Å². The summed E-state index contributed by atoms with van der Waals surface area (Å²) in [5.74, 6) is -3.94. The number of carbonyl (C=O) groups excluding carboxylic acids is 3. The number of aryl methyl sites for hydroxylation is 1. The van der Waals surface area contributed by atoms with Crippen molar-refractivity contribution in [1.82, 2.24) is 0 Å². The zero-order valence-electron chi connectivity index (χ0n) is 21.9. The van der Waals surface area contributed by atoms with Crippen LogP contribution >= 0.6 is 0 Å². The number of benzene rings is 3. The molecule has 8 heteroatoms. The van der Waals surface area contributed by atoms with E-state index < -0.39 is 41.0 Å². The molecule has 3 N–H and O–H groups in total. The van der Waals surface area contributed by atoms with E-state index in [9.17, 15) is 19.5 Å². The highest BCUT2D eigenvalue weighted by Gasteiger charge is 2.56. The maximum atomic E-state index is 13.8. The molecule has 1 aliphatic carbocycles. The van der Waals surface area contributed by atoms with E-state index in [4.69, 9.17) is 9.47 Å². The van der Waals surface area contributed by atoms with Gasteiger partial charge >= 0.3 is 0 Å². The van der Waals surface area contributed by atoms with Gasteiger partial charge in [0.2, 0.25) is 11.8 Å². The standard InChI is InChI=1S/C30H32N2O6/c1-18-13-15-19(16-14-18)25-26(28(34)31-20-9-5-7-11-23(20)37-3)22(33)17-30(2,36)27(25)29(35)32-21-10-6-8-12-24(21)38-4/h5-16,25-27,36H,17H2,1-4H3,(H,31,34)(H,32,35)/t25-,26+,27+,30-/m0/s1. The van der Waals surface area contributed by atoms with Crippen LogP contribution in [-0.2, 0) is 14.4 Å². The van der Waals surface area contributed by atoms with Crippen molar-refractivity contribution in [3.8, 4) is 11.5 Å². The summed E-state index contributed by atoms with van der Waals surface area (Å²) in [6.45, 7) is 3.39. The summed E-state index contributed by atoms with van der Waals surface area (Å²) in [4.78, 5) is 41.0. The molecule has 0 saturated heterocycles. The first-order valence-corrected chi connectivity index (χ1v) is 12.4. The van der Waals surface area contributed by atoms with Crippen LogP contribution in [-0.4, -0.2) is 42.5 Å². The van der Waals surface area contributed by atoms with Crippen LogP contribution < -0.4 is 20.1 Å². The van der Waals surface area contributed by atoms with E-state index in [1.165, 1.54) is 21.1 Å². The summed E-state index contributed by atoms with van der Waals surface area (Å²) in [7, 11) is 2.98. The summed E-state index contributed by atoms with van der Waals surface area (Å²) in [5.41, 5.74) is 0.699. The van der Waals surface area contributed by atoms with Crippen LogP contribution in [0.1, 0.15) is 30.4 Å². The van der Waals surface area contributed by atoms with E-state index in [1.54, 1.807) is 60.7 Å². The quantitative estimate of drug-likeness (QED) is 0.403. The predicted octanol–water partition coefficient (Wildman–Crippen LogP) is 4.33. The third-order valence-corrected chi connectivity index (χ3v) is 7.02. The number of ketones is 1. The Balaban J connectivity index is 1.78. The summed E-state index contributed by atoms with van der Waals surface area (Å²) < 4.78 is 10.7. The molecule has 3 aromatic rings. The van der Waals surface area contributed by atoms with Crippen molar-refractivity contribution in [2.75, 3.05) is 24.9 Å². The van der Waals surface area contributed by atoms with Crippen LogP contribution in [0.2, 0.25) is 0 Å². The van der Waals surface area contributed by atoms with Gasteiger partial charge in [-0.1, -0.05) is 54.1 Å². The number of hydrogen-bond acceptors (Lipinski definition) is 6. The zero-order chi connectivity index (χ0) is 27.4. The Morgan fingerprint density at radius 1 is 0.842 bits per heavy atom. The van der Waals surface area contributed by atoms with Gasteiger partial charge in [-0.05, 0) is 43.7 Å². The van der Waals surface area contributed by atoms with Crippen molar-refractivity contribution in [1.29, 1.82) is 0 Å². The zero-order valence-corrected chi connectivity index (χ0v) is 21.9. The van der Waals surface area contributed by atoms with E-state index in [2.05, 4.69) is 10.6 Å². The molecule has 1 fully saturated rings. The van der Waals surface area contributed by atoms with Gasteiger partial charge in [0.05, 0.1) is 37.1 Å². The summed E-state index contributed by atoms with van der Waals surface area (Å²) in [5, 5.41) is 17.1. The largest absolute Gasteiger partial charge is 0.495 e. The lowest BCUT2D eigenvalue weighted by Crippen LogP contribution is -2.56. The molecular formula is C30H32N2O6. The number of ether oxygens (including phenoxy) is 2. The molecule has 4 rings (SSSR count). The second-order valence-electron chi connectivity index (χ2n) is 9.77. The molecule has 198 valence electrons. The van der Waals surface area contributed by atoms with Gasteiger partial charge in [-0.25, -0.2) is 0 Å². The maximum absolute atomic E-state index is 13.8. The highest BCUT2D eigenvalue weighted by atomic mass is 16.5. The maximum Gasteiger partial charge on any atom is 0.235 e. The molecule has 0 bridgehead atoms. The van der Waals surface area contributed by atoms with Crippen molar-refractivity contribution >= 4 is 29.0 Å². The molecule has 1 aliphatic rings. The summed E-state index contributed by atoms with van der Waals surface area (Å²) >= 11 is 0. The first kappa shape index (κ1) is 26.9. The molecule has 8 nitrogen and oxygen atoms in total. The van der Waals surface area contributed by atoms with Gasteiger partial charge in [0.15, 0.2) is 0 Å². The fourth-order valence-electron chi connectivity index (χ4n) is 5.20. The summed E-state index contributed by atoms with van der Waals surface area (Å²) in [6, 6.07) is 21.1. The minimum absolute atomic E-state index is 0.358. The van der Waals surface area contributed by atoms with Crippen LogP contribution in [0.5, 0.6) is 11.5 Å². The van der Waals surface area contributed by atoms with Gasteiger partial charge in [0.25, 0.3) is 0 Å². The van der Waals surface area contributed by atoms with Crippen molar-refractivity contribution < 1.29 is 29.0 Å². The number of anilines is 2. The second-order valence-corrected chi connectivity index (χ2v) is 9.77. The number of aliphatic hydroxyl groups is 1. The molecule has 0 aliphatic heterocycles. The minimum Gasteiger partial charge on any atom is -0.495 e. The topological polar surface area (TPSA) is 114 Å². The highest BCUT2D eigenvalue weighted by Crippen LogP contribution is 2.47. The molecule has 2 amide bonds. The number of rotatable bonds is 7. The predicted molar refractivity (Wildman–Crippen MR) is 144 cm³/mol. The molecule has 3 aromatic carbocycles. The molecule has 38 heavy (non-hydrogen) atoms. The molecular weight excluding hydrogens is 484 g/mol. The third kappa shape index (κ3) is 5.40. The van der Waals surface area contributed by atoms with Crippen LogP contribution in [0.25, 0.3) is 0 Å². The van der Waals surface area contributed by atoms with Gasteiger partial charge < -0.3 is 25.2 Å². The highest BCUT2D eigenvalue weighted by molar-refractivity contribution is 6.11. The minimum atomic E-state index is -1.71. The van der Waals surface area contributed by atoms with Crippen LogP contribution in [0.15, 0.2) is 72.8 Å². The Morgan fingerprint density at radius 3 is 1.87 bits per heavy atom. The third-order valence-electron chi connectivity index (χ3n) is 7.02. The smallest absolute Gasteiger partial charge is 0.235 e. The van der Waals surface area contributed by atoms with E-state index >= 15 is 0 Å². The number of hydrogen-bond donors (Lipinski definition) is 3. The van der Waals surface area contributed by atoms with Crippen molar-refractivity contribution in [2.24, 2.45) is 11.8 Å². The molecule has 1 saturated carbocycles. The normalized spacial score (nSPS) is 22.9. The van der Waals surface area contributed by atoms with Crippen molar-refractivity contribution in [2.45, 2.75) is 31.8 Å². The van der Waals surface area contributed by atoms with E-state index in [1.807, 2.05) is 19.1 Å². The molecule has 0 heterocycles. The van der Waals surface area contributed by atoms with Gasteiger partial charge in [0, 0.05) is 12.3 Å². The first-order valence-electron chi connectivity index (χ1n) is 12.4. The van der Waals surface area contributed by atoms with Crippen LogP contribution in [0, 0.1) is 18.8 Å². The number of amides is 2. The lowest BCUT2D eigenvalue weighted by atomic mass is 9.61. The molecule has 0 aromatic heterocycles. The number of carbonyl (C=O) groups is 3. The van der Waals surface area contributed by atoms with Crippen molar-refractivity contribution in [3.05, 3.63) is 83.9 Å². The first-order chi connectivity index (χ1) is 18.2. The second kappa shape index (κ2) is 11.1. The van der Waals surface area contributed by atoms with E-state index in [0.717, 1.165) is 5.56 Å². The summed E-state index contributed by atoms with van der Waals surface area (Å²) in [6.07, 6.45) is -0.358. The van der Waals surface area contributed by atoms with Gasteiger partial charge in [-0.15, -0.1) is 0 Å². The molecule has 0 unspecified atom stereocenters. The van der Waals surface area contributed by atoms with Crippen LogP contribution in [0.4, 0.5) is 11.4 Å². The number of methoxy groups -OCH3 is 2. The molecule has 4 atom stereocenters. The van der Waals surface area contributed by atoms with Crippen LogP contribution in [0.3, 0.4) is 0 Å². The van der Waals surface area contributed by atoms with Gasteiger partial charge in [-0.3, -0.25) is 14.4 Å². The lowest BCUT2D eigenvalue weighted by molar-refractivity contribution is -0.150. The number of para-hydroxylation sites is 4. The number of nitrogens with one attached hydrogen (secondary N) is 2. The average Bonchev–Trinajstić information content (AvgIpc) is 2.88. The Labute approximate surface area is 222 Å². The number of Topliss-reactive ketones (excluding diaryl/α,β-unsaturated/α-hetero) is 1. The fraction of sp³-hybridized carbons (Fsp3) is 0.300. The van der Waals surface area contributed by atoms with E-state index in [0.29, 0.717) is 28.4 Å².